The first-order valence-corrected chi connectivity index (χ1v) is 5.36. The summed E-state index contributed by atoms with van der Waals surface area (Å²) in [5, 5.41) is 11.7. The van der Waals surface area contributed by atoms with Gasteiger partial charge in [-0.05, 0) is 24.6 Å². The number of nitrogens with one attached hydrogen (secondary N) is 1. The maximum atomic E-state index is 13.6. The number of anilines is 1. The molecule has 1 unspecified atom stereocenters. The normalized spacial score (nSPS) is 12.2. The second-order valence-electron chi connectivity index (χ2n) is 3.70. The average molecular weight is 241 g/mol. The van der Waals surface area contributed by atoms with Crippen molar-refractivity contribution in [1.29, 1.82) is 0 Å². The quantitative estimate of drug-likeness (QED) is 0.802. The van der Waals surface area contributed by atoms with Gasteiger partial charge in [0.15, 0.2) is 0 Å². The molecule has 0 radical (unpaired) electrons. The third kappa shape index (κ3) is 3.71. The second-order valence-corrected chi connectivity index (χ2v) is 3.70. The Kier molecular flexibility index (Phi) is 4.90. The van der Waals surface area contributed by atoms with Crippen LogP contribution in [0, 0.1) is 5.82 Å². The number of carboxylic acids is 1. The lowest BCUT2D eigenvalue weighted by Gasteiger charge is -2.17. The molecule has 0 amide bonds. The fourth-order valence-corrected chi connectivity index (χ4v) is 1.45. The van der Waals surface area contributed by atoms with Crippen molar-refractivity contribution in [3.63, 3.8) is 0 Å². The standard InChI is InChI=1S/C12H16FNO3/c1-3-9(7-17-2)14-11-5-4-8(12(15)16)6-10(11)13/h4-6,9,14H,3,7H2,1-2H3,(H,15,16). The molecule has 0 aliphatic carbocycles. The van der Waals surface area contributed by atoms with Crippen molar-refractivity contribution in [2.75, 3.05) is 19.0 Å². The minimum absolute atomic E-state index is 0.00479. The molecule has 0 spiro atoms. The van der Waals surface area contributed by atoms with Gasteiger partial charge in [-0.1, -0.05) is 6.92 Å². The van der Waals surface area contributed by atoms with Crippen LogP contribution in [-0.4, -0.2) is 30.8 Å². The van der Waals surface area contributed by atoms with Gasteiger partial charge in [-0.3, -0.25) is 0 Å². The Bertz CT molecular complexity index is 395. The van der Waals surface area contributed by atoms with Crippen LogP contribution in [0.15, 0.2) is 18.2 Å². The molecular formula is C12H16FNO3. The molecule has 17 heavy (non-hydrogen) atoms. The van der Waals surface area contributed by atoms with E-state index in [9.17, 15) is 9.18 Å². The third-order valence-electron chi connectivity index (χ3n) is 2.44. The van der Waals surface area contributed by atoms with E-state index in [2.05, 4.69) is 5.32 Å². The highest BCUT2D eigenvalue weighted by atomic mass is 19.1. The molecule has 2 N–H and O–H groups in total. The SMILES string of the molecule is CCC(COC)Nc1ccc(C(=O)O)cc1F. The number of carbonyl (C=O) groups is 1. The zero-order valence-electron chi connectivity index (χ0n) is 9.87. The first-order valence-electron chi connectivity index (χ1n) is 5.36. The average Bonchev–Trinajstić information content (AvgIpc) is 2.30. The molecule has 1 aromatic rings. The molecule has 4 nitrogen and oxygen atoms in total. The molecule has 1 aromatic carbocycles. The number of methoxy groups -OCH3 is 1. The first kappa shape index (κ1) is 13.4. The van der Waals surface area contributed by atoms with Crippen LogP contribution < -0.4 is 5.32 Å². The van der Waals surface area contributed by atoms with Gasteiger partial charge >= 0.3 is 5.97 Å². The summed E-state index contributed by atoms with van der Waals surface area (Å²) in [5.74, 6) is -1.71. The Morgan fingerprint density at radius 3 is 2.76 bits per heavy atom. The molecule has 5 heteroatoms. The van der Waals surface area contributed by atoms with Crippen LogP contribution in [0.4, 0.5) is 10.1 Å². The highest BCUT2D eigenvalue weighted by Gasteiger charge is 2.11. The number of aromatic carboxylic acids is 1. The van der Waals surface area contributed by atoms with Crippen LogP contribution in [-0.2, 0) is 4.74 Å². The van der Waals surface area contributed by atoms with Crippen molar-refractivity contribution in [2.45, 2.75) is 19.4 Å². The van der Waals surface area contributed by atoms with Gasteiger partial charge in [-0.15, -0.1) is 0 Å². The summed E-state index contributed by atoms with van der Waals surface area (Å²) in [6.07, 6.45) is 0.786. The summed E-state index contributed by atoms with van der Waals surface area (Å²) < 4.78 is 18.6. The Balaban J connectivity index is 2.81. The number of carboxylic acid groups (broad SMARTS) is 1. The Morgan fingerprint density at radius 1 is 1.59 bits per heavy atom. The van der Waals surface area contributed by atoms with Crippen LogP contribution in [0.3, 0.4) is 0 Å². The third-order valence-corrected chi connectivity index (χ3v) is 2.44. The van der Waals surface area contributed by atoms with Crippen LogP contribution in [0.5, 0.6) is 0 Å². The number of rotatable bonds is 6. The molecule has 0 saturated carbocycles. The van der Waals surface area contributed by atoms with Gasteiger partial charge in [0.25, 0.3) is 0 Å². The van der Waals surface area contributed by atoms with E-state index in [4.69, 9.17) is 9.84 Å². The van der Waals surface area contributed by atoms with Crippen LogP contribution in [0.25, 0.3) is 0 Å². The topological polar surface area (TPSA) is 58.6 Å². The van der Waals surface area contributed by atoms with Crippen molar-refractivity contribution in [2.24, 2.45) is 0 Å². The number of benzene rings is 1. The van der Waals surface area contributed by atoms with Crippen molar-refractivity contribution in [1.82, 2.24) is 0 Å². The summed E-state index contributed by atoms with van der Waals surface area (Å²) in [6.45, 7) is 2.43. The minimum atomic E-state index is -1.14. The molecule has 94 valence electrons. The van der Waals surface area contributed by atoms with Gasteiger partial charge in [0.05, 0.1) is 17.9 Å². The molecule has 0 aliphatic rings. The molecule has 0 aliphatic heterocycles. The number of halogens is 1. The Hall–Kier alpha value is -1.62. The van der Waals surface area contributed by atoms with E-state index >= 15 is 0 Å². The van der Waals surface area contributed by atoms with E-state index in [1.54, 1.807) is 7.11 Å². The predicted octanol–water partition coefficient (Wildman–Crippen LogP) is 2.36. The second kappa shape index (κ2) is 6.20. The van der Waals surface area contributed by atoms with Gasteiger partial charge in [-0.2, -0.15) is 0 Å². The van der Waals surface area contributed by atoms with Crippen molar-refractivity contribution in [3.8, 4) is 0 Å². The minimum Gasteiger partial charge on any atom is -0.478 e. The first-order chi connectivity index (χ1) is 8.08. The van der Waals surface area contributed by atoms with Crippen LogP contribution in [0.2, 0.25) is 0 Å². The Morgan fingerprint density at radius 2 is 2.29 bits per heavy atom. The lowest BCUT2D eigenvalue weighted by molar-refractivity contribution is 0.0696. The van der Waals surface area contributed by atoms with Gasteiger partial charge < -0.3 is 15.2 Å². The summed E-state index contributed by atoms with van der Waals surface area (Å²) in [7, 11) is 1.58. The molecular weight excluding hydrogens is 225 g/mol. The molecule has 0 saturated heterocycles. The largest absolute Gasteiger partial charge is 0.478 e. The Labute approximate surface area is 99.4 Å². The molecule has 1 atom stereocenters. The highest BCUT2D eigenvalue weighted by Crippen LogP contribution is 2.17. The highest BCUT2D eigenvalue weighted by molar-refractivity contribution is 5.88. The summed E-state index contributed by atoms with van der Waals surface area (Å²) in [5.41, 5.74) is 0.228. The van der Waals surface area contributed by atoms with E-state index in [0.29, 0.717) is 12.3 Å². The molecule has 0 bridgehead atoms. The summed E-state index contributed by atoms with van der Waals surface area (Å²) in [4.78, 5) is 10.6. The van der Waals surface area contributed by atoms with Gasteiger partial charge in [0, 0.05) is 13.2 Å². The molecule has 0 heterocycles. The lowest BCUT2D eigenvalue weighted by atomic mass is 10.1. The van der Waals surface area contributed by atoms with Crippen LogP contribution in [0.1, 0.15) is 23.7 Å². The molecule has 0 aromatic heterocycles. The predicted molar refractivity (Wildman–Crippen MR) is 62.9 cm³/mol. The zero-order chi connectivity index (χ0) is 12.8. The number of hydrogen-bond acceptors (Lipinski definition) is 3. The number of ether oxygens (including phenoxy) is 1. The molecule has 0 fully saturated rings. The van der Waals surface area contributed by atoms with E-state index < -0.39 is 11.8 Å². The van der Waals surface area contributed by atoms with E-state index in [1.807, 2.05) is 6.92 Å². The van der Waals surface area contributed by atoms with Crippen molar-refractivity contribution >= 4 is 11.7 Å². The summed E-state index contributed by atoms with van der Waals surface area (Å²) in [6, 6.07) is 3.80. The van der Waals surface area contributed by atoms with Crippen LogP contribution >= 0.6 is 0 Å². The van der Waals surface area contributed by atoms with E-state index in [0.717, 1.165) is 12.5 Å². The maximum Gasteiger partial charge on any atom is 0.335 e. The van der Waals surface area contributed by atoms with Gasteiger partial charge in [0.2, 0.25) is 0 Å². The monoisotopic (exact) mass is 241 g/mol. The smallest absolute Gasteiger partial charge is 0.335 e. The zero-order valence-corrected chi connectivity index (χ0v) is 9.87. The molecule has 1 rings (SSSR count). The maximum absolute atomic E-state index is 13.6. The number of hydrogen-bond donors (Lipinski definition) is 2. The fourth-order valence-electron chi connectivity index (χ4n) is 1.45. The van der Waals surface area contributed by atoms with E-state index in [1.165, 1.54) is 12.1 Å². The van der Waals surface area contributed by atoms with Gasteiger partial charge in [0.1, 0.15) is 5.82 Å². The van der Waals surface area contributed by atoms with E-state index in [-0.39, 0.29) is 11.6 Å². The van der Waals surface area contributed by atoms with Crippen molar-refractivity contribution < 1.29 is 19.0 Å². The van der Waals surface area contributed by atoms with Crippen molar-refractivity contribution in [3.05, 3.63) is 29.6 Å². The van der Waals surface area contributed by atoms with Gasteiger partial charge in [-0.25, -0.2) is 9.18 Å². The summed E-state index contributed by atoms with van der Waals surface area (Å²) >= 11 is 0. The lowest BCUT2D eigenvalue weighted by Crippen LogP contribution is -2.24. The fraction of sp³-hybridized carbons (Fsp3) is 0.417.